The van der Waals surface area contributed by atoms with E-state index in [4.69, 9.17) is 26.8 Å². The van der Waals surface area contributed by atoms with E-state index in [2.05, 4.69) is 10.2 Å². The Balaban J connectivity index is 2.12. The number of rotatable bonds is 7. The third-order valence-corrected chi connectivity index (χ3v) is 3.86. The zero-order valence-electron chi connectivity index (χ0n) is 14.1. The van der Waals surface area contributed by atoms with Crippen molar-refractivity contribution in [1.29, 1.82) is 0 Å². The Morgan fingerprint density at radius 1 is 1.20 bits per heavy atom. The van der Waals surface area contributed by atoms with Crippen LogP contribution in [0.5, 0.6) is 11.5 Å². The summed E-state index contributed by atoms with van der Waals surface area (Å²) in [5, 5.41) is 8.90. The number of ether oxygens (including phenoxy) is 2. The Bertz CT molecular complexity index is 766. The van der Waals surface area contributed by atoms with Gasteiger partial charge in [0, 0.05) is 5.02 Å². The molecule has 2 aromatic rings. The van der Waals surface area contributed by atoms with Crippen molar-refractivity contribution in [1.82, 2.24) is 0 Å². The maximum Gasteiger partial charge on any atom is 0.180 e. The summed E-state index contributed by atoms with van der Waals surface area (Å²) in [6, 6.07) is 13.1. The normalized spacial score (nSPS) is 11.7. The van der Waals surface area contributed by atoms with Crippen LogP contribution in [-0.2, 0) is 6.61 Å². The molecule has 0 aliphatic rings. The topological polar surface area (TPSA) is 69.2 Å². The summed E-state index contributed by atoms with van der Waals surface area (Å²) in [5.41, 5.74) is 7.42. The fraction of sp³-hybridized carbons (Fsp3) is 0.222. The molecule has 0 amide bonds. The average Bonchev–Trinajstić information content (AvgIpc) is 2.61. The zero-order valence-corrected chi connectivity index (χ0v) is 15.7. The summed E-state index contributed by atoms with van der Waals surface area (Å²) in [4.78, 5) is 0. The number of halogens is 1. The molecule has 0 aliphatic carbocycles. The minimum absolute atomic E-state index is 0.405. The van der Waals surface area contributed by atoms with Crippen molar-refractivity contribution in [2.75, 3.05) is 12.9 Å². The number of nitrogens with two attached hydrogens (primary N) is 1. The molecule has 0 unspecified atom stereocenters. The van der Waals surface area contributed by atoms with Crippen molar-refractivity contribution in [2.24, 2.45) is 15.9 Å². The van der Waals surface area contributed by atoms with E-state index in [0.29, 0.717) is 34.9 Å². The van der Waals surface area contributed by atoms with Gasteiger partial charge in [0.2, 0.25) is 0 Å². The predicted molar refractivity (Wildman–Crippen MR) is 106 cm³/mol. The van der Waals surface area contributed by atoms with Crippen molar-refractivity contribution in [2.45, 2.75) is 13.5 Å². The van der Waals surface area contributed by atoms with Gasteiger partial charge in [-0.3, -0.25) is 0 Å². The maximum atomic E-state index is 5.99. The standard InChI is InChI=1S/C18H20ClN3O2S/c1-3-23-17-10-13(11-21-22-18(20)25-2)7-8-16(17)24-12-14-5-4-6-15(19)9-14/h4-11H,3,12H2,1-2H3,(H2,20,22)/b21-11-. The van der Waals surface area contributed by atoms with Crippen LogP contribution in [0.1, 0.15) is 18.1 Å². The number of hydrogen-bond donors (Lipinski definition) is 1. The number of amidine groups is 1. The van der Waals surface area contributed by atoms with Gasteiger partial charge in [0.25, 0.3) is 0 Å². The molecule has 25 heavy (non-hydrogen) atoms. The highest BCUT2D eigenvalue weighted by molar-refractivity contribution is 8.13. The van der Waals surface area contributed by atoms with Crippen LogP contribution in [0.3, 0.4) is 0 Å². The summed E-state index contributed by atoms with van der Waals surface area (Å²) in [7, 11) is 0. The highest BCUT2D eigenvalue weighted by Crippen LogP contribution is 2.29. The zero-order chi connectivity index (χ0) is 18.1. The van der Waals surface area contributed by atoms with Gasteiger partial charge in [-0.15, -0.1) is 5.10 Å². The average molecular weight is 378 g/mol. The number of hydrogen-bond acceptors (Lipinski definition) is 5. The van der Waals surface area contributed by atoms with E-state index < -0.39 is 0 Å². The molecule has 0 radical (unpaired) electrons. The van der Waals surface area contributed by atoms with Gasteiger partial charge >= 0.3 is 0 Å². The molecule has 0 saturated heterocycles. The Hall–Kier alpha value is -2.18. The first kappa shape index (κ1) is 19.1. The van der Waals surface area contributed by atoms with Gasteiger partial charge in [-0.2, -0.15) is 5.10 Å². The largest absolute Gasteiger partial charge is 0.490 e. The van der Waals surface area contributed by atoms with Crippen LogP contribution in [0.15, 0.2) is 52.7 Å². The first-order valence-corrected chi connectivity index (χ1v) is 9.27. The molecule has 0 atom stereocenters. The summed E-state index contributed by atoms with van der Waals surface area (Å²) in [6.45, 7) is 2.86. The first-order valence-electron chi connectivity index (χ1n) is 7.67. The van der Waals surface area contributed by atoms with Crippen LogP contribution >= 0.6 is 23.4 Å². The third kappa shape index (κ3) is 6.32. The molecular weight excluding hydrogens is 358 g/mol. The van der Waals surface area contributed by atoms with Crippen LogP contribution in [0.2, 0.25) is 5.02 Å². The molecular formula is C18H20ClN3O2S. The summed E-state index contributed by atoms with van der Waals surface area (Å²) >= 11 is 7.33. The van der Waals surface area contributed by atoms with E-state index in [-0.39, 0.29) is 0 Å². The van der Waals surface area contributed by atoms with E-state index >= 15 is 0 Å². The van der Waals surface area contributed by atoms with Crippen LogP contribution < -0.4 is 15.2 Å². The molecule has 2 aromatic carbocycles. The smallest absolute Gasteiger partial charge is 0.180 e. The highest BCUT2D eigenvalue weighted by atomic mass is 35.5. The Morgan fingerprint density at radius 3 is 2.76 bits per heavy atom. The van der Waals surface area contributed by atoms with Crippen LogP contribution in [-0.4, -0.2) is 24.2 Å². The van der Waals surface area contributed by atoms with E-state index in [1.165, 1.54) is 11.8 Å². The van der Waals surface area contributed by atoms with Gasteiger partial charge in [0.15, 0.2) is 16.7 Å². The molecule has 5 nitrogen and oxygen atoms in total. The van der Waals surface area contributed by atoms with Gasteiger partial charge in [-0.1, -0.05) is 35.5 Å². The number of thioether (sulfide) groups is 1. The number of nitrogens with zero attached hydrogens (tertiary/aromatic N) is 2. The fourth-order valence-corrected chi connectivity index (χ4v) is 2.32. The van der Waals surface area contributed by atoms with E-state index in [9.17, 15) is 0 Å². The molecule has 0 saturated carbocycles. The van der Waals surface area contributed by atoms with E-state index in [1.54, 1.807) is 6.21 Å². The summed E-state index contributed by atoms with van der Waals surface area (Å²) in [6.07, 6.45) is 3.46. The van der Waals surface area contributed by atoms with E-state index in [0.717, 1.165) is 11.1 Å². The Labute approximate surface area is 156 Å². The van der Waals surface area contributed by atoms with Crippen LogP contribution in [0.25, 0.3) is 0 Å². The molecule has 132 valence electrons. The van der Waals surface area contributed by atoms with E-state index in [1.807, 2.05) is 55.6 Å². The van der Waals surface area contributed by atoms with Crippen LogP contribution in [0, 0.1) is 0 Å². The lowest BCUT2D eigenvalue weighted by Crippen LogP contribution is -2.04. The minimum atomic E-state index is 0.405. The lowest BCUT2D eigenvalue weighted by atomic mass is 10.2. The molecule has 0 fully saturated rings. The molecule has 2 N–H and O–H groups in total. The molecule has 2 rings (SSSR count). The van der Waals surface area contributed by atoms with Gasteiger partial charge in [0.1, 0.15) is 6.61 Å². The predicted octanol–water partition coefficient (Wildman–Crippen LogP) is 4.33. The van der Waals surface area contributed by atoms with Crippen molar-refractivity contribution < 1.29 is 9.47 Å². The van der Waals surface area contributed by atoms with Crippen molar-refractivity contribution >= 4 is 34.7 Å². The third-order valence-electron chi connectivity index (χ3n) is 3.12. The molecule has 0 aromatic heterocycles. The Kier molecular flexibility index (Phi) is 7.63. The van der Waals surface area contributed by atoms with Crippen LogP contribution in [0.4, 0.5) is 0 Å². The monoisotopic (exact) mass is 377 g/mol. The van der Waals surface area contributed by atoms with Crippen molar-refractivity contribution in [3.8, 4) is 11.5 Å². The molecule has 7 heteroatoms. The molecule has 0 heterocycles. The lowest BCUT2D eigenvalue weighted by Gasteiger charge is -2.12. The number of benzene rings is 2. The van der Waals surface area contributed by atoms with Gasteiger partial charge in [0.05, 0.1) is 12.8 Å². The van der Waals surface area contributed by atoms with Gasteiger partial charge in [-0.05, 0) is 54.6 Å². The minimum Gasteiger partial charge on any atom is -0.490 e. The fourth-order valence-electron chi connectivity index (χ4n) is 1.97. The second-order valence-corrected chi connectivity index (χ2v) is 6.21. The Morgan fingerprint density at radius 2 is 2.04 bits per heavy atom. The molecule has 0 bridgehead atoms. The SMILES string of the molecule is CCOc1cc(/C=N\N=C(/N)SC)ccc1OCc1cccc(Cl)c1. The second kappa shape index (κ2) is 9.96. The van der Waals surface area contributed by atoms with Crippen molar-refractivity contribution in [3.63, 3.8) is 0 Å². The second-order valence-electron chi connectivity index (χ2n) is 4.94. The van der Waals surface area contributed by atoms with Gasteiger partial charge < -0.3 is 15.2 Å². The summed E-state index contributed by atoms with van der Waals surface area (Å²) < 4.78 is 11.5. The first-order chi connectivity index (χ1) is 12.1. The maximum absolute atomic E-state index is 5.99. The quantitative estimate of drug-likeness (QED) is 0.443. The summed E-state index contributed by atoms with van der Waals surface area (Å²) in [5.74, 6) is 1.31. The molecule has 0 aliphatic heterocycles. The molecule has 0 spiro atoms. The highest BCUT2D eigenvalue weighted by Gasteiger charge is 2.07. The lowest BCUT2D eigenvalue weighted by molar-refractivity contribution is 0.269. The van der Waals surface area contributed by atoms with Crippen molar-refractivity contribution in [3.05, 3.63) is 58.6 Å². The van der Waals surface area contributed by atoms with Gasteiger partial charge in [-0.25, -0.2) is 0 Å².